The van der Waals surface area contributed by atoms with E-state index < -0.39 is 11.1 Å². The molecule has 4 bridgehead atoms. The average Bonchev–Trinajstić information content (AvgIpc) is 3.32. The molecule has 4 fully saturated rings. The standard InChI is InChI=1S/C22H26N2O4/c1-4-13-11-23-17-9-14(13)19(20(25)27-3)21-10-18(23)28-22(17,21)24(12-26-2)16-8-6-5-7-15(16)21/h4-8,14,17-19H,9-12H2,1-3H3/b13-4-/t14-,17+,18+,19+,21+,22+/m1/s1. The van der Waals surface area contributed by atoms with Crippen LogP contribution in [0.2, 0.25) is 0 Å². The van der Waals surface area contributed by atoms with Gasteiger partial charge in [0.25, 0.3) is 0 Å². The molecule has 5 aliphatic rings. The first-order chi connectivity index (χ1) is 13.6. The Kier molecular flexibility index (Phi) is 3.27. The summed E-state index contributed by atoms with van der Waals surface area (Å²) >= 11 is 0. The van der Waals surface area contributed by atoms with Gasteiger partial charge in [0.15, 0.2) is 5.72 Å². The van der Waals surface area contributed by atoms with Gasteiger partial charge in [-0.15, -0.1) is 0 Å². The Balaban J connectivity index is 1.67. The van der Waals surface area contributed by atoms with Gasteiger partial charge in [-0.05, 0) is 30.9 Å². The Hall–Kier alpha value is -1.89. The van der Waals surface area contributed by atoms with Gasteiger partial charge in [0.2, 0.25) is 0 Å². The van der Waals surface area contributed by atoms with E-state index in [1.54, 1.807) is 7.11 Å². The lowest BCUT2D eigenvalue weighted by molar-refractivity contribution is -0.164. The Labute approximate surface area is 165 Å². The molecule has 28 heavy (non-hydrogen) atoms. The Bertz CT molecular complexity index is 900. The fraction of sp³-hybridized carbons (Fsp3) is 0.591. The Morgan fingerprint density at radius 1 is 1.36 bits per heavy atom. The zero-order valence-electron chi connectivity index (χ0n) is 16.6. The minimum Gasteiger partial charge on any atom is -0.469 e. The highest BCUT2D eigenvalue weighted by atomic mass is 16.6. The van der Waals surface area contributed by atoms with Crippen LogP contribution >= 0.6 is 0 Å². The number of ether oxygens (including phenoxy) is 3. The first-order valence-electron chi connectivity index (χ1n) is 10.2. The maximum absolute atomic E-state index is 13.3. The maximum atomic E-state index is 13.3. The van der Waals surface area contributed by atoms with E-state index in [1.807, 2.05) is 0 Å². The lowest BCUT2D eigenvalue weighted by Gasteiger charge is -2.61. The molecule has 0 N–H and O–H groups in total. The Morgan fingerprint density at radius 2 is 2.18 bits per heavy atom. The molecule has 1 aliphatic carbocycles. The molecule has 4 heterocycles. The third-order valence-corrected chi connectivity index (χ3v) is 8.09. The summed E-state index contributed by atoms with van der Waals surface area (Å²) in [6.45, 7) is 3.41. The topological polar surface area (TPSA) is 51.2 Å². The quantitative estimate of drug-likeness (QED) is 0.590. The summed E-state index contributed by atoms with van der Waals surface area (Å²) in [4.78, 5) is 18.1. The number of piperidine rings is 2. The van der Waals surface area contributed by atoms with Crippen LogP contribution in [0.25, 0.3) is 0 Å². The van der Waals surface area contributed by atoms with Gasteiger partial charge >= 0.3 is 5.97 Å². The first-order valence-corrected chi connectivity index (χ1v) is 10.2. The molecule has 0 aromatic heterocycles. The number of benzene rings is 1. The van der Waals surface area contributed by atoms with E-state index in [4.69, 9.17) is 14.2 Å². The van der Waals surface area contributed by atoms with Gasteiger partial charge in [-0.3, -0.25) is 9.69 Å². The third kappa shape index (κ3) is 1.55. The van der Waals surface area contributed by atoms with Crippen molar-refractivity contribution in [3.8, 4) is 0 Å². The van der Waals surface area contributed by atoms with Crippen LogP contribution in [0.1, 0.15) is 25.3 Å². The molecule has 1 aromatic carbocycles. The number of carbonyl (C=O) groups excluding carboxylic acids is 1. The number of fused-ring (bicyclic) bond motifs is 4. The van der Waals surface area contributed by atoms with E-state index in [0.717, 1.165) is 25.1 Å². The SMILES string of the molecule is C/C=C1/CN2[C@@H]3C[C@@]45c6ccccc6N(COC)[C@]4(O3)[C@@H]2C[C@H]1[C@H]5C(=O)OC. The highest BCUT2D eigenvalue weighted by Gasteiger charge is 2.84. The molecule has 1 aromatic rings. The molecule has 6 rings (SSSR count). The zero-order chi connectivity index (χ0) is 19.3. The summed E-state index contributed by atoms with van der Waals surface area (Å²) in [6.07, 6.45) is 3.98. The third-order valence-electron chi connectivity index (χ3n) is 8.09. The van der Waals surface area contributed by atoms with Gasteiger partial charge < -0.3 is 19.1 Å². The fourth-order valence-electron chi connectivity index (χ4n) is 7.34. The lowest BCUT2D eigenvalue weighted by atomic mass is 9.49. The summed E-state index contributed by atoms with van der Waals surface area (Å²) in [7, 11) is 3.24. The van der Waals surface area contributed by atoms with E-state index >= 15 is 0 Å². The van der Waals surface area contributed by atoms with Crippen LogP contribution in [-0.2, 0) is 24.4 Å². The van der Waals surface area contributed by atoms with Crippen molar-refractivity contribution in [1.82, 2.24) is 4.90 Å². The van der Waals surface area contributed by atoms with E-state index in [0.29, 0.717) is 6.73 Å². The second-order valence-corrected chi connectivity index (χ2v) is 8.70. The summed E-state index contributed by atoms with van der Waals surface area (Å²) in [5.41, 5.74) is 2.73. The van der Waals surface area contributed by atoms with Crippen LogP contribution in [0.5, 0.6) is 0 Å². The van der Waals surface area contributed by atoms with Crippen molar-refractivity contribution in [2.45, 2.75) is 43.2 Å². The second-order valence-electron chi connectivity index (χ2n) is 8.70. The number of para-hydroxylation sites is 1. The number of anilines is 1. The molecular weight excluding hydrogens is 356 g/mol. The molecular formula is C22H26N2O4. The minimum atomic E-state index is -0.564. The number of hydrogen-bond acceptors (Lipinski definition) is 6. The monoisotopic (exact) mass is 382 g/mol. The van der Waals surface area contributed by atoms with Gasteiger partial charge in [0.05, 0.1) is 24.5 Å². The predicted molar refractivity (Wildman–Crippen MR) is 103 cm³/mol. The molecule has 0 radical (unpaired) electrons. The highest BCUT2D eigenvalue weighted by Crippen LogP contribution is 2.74. The molecule has 3 saturated heterocycles. The number of carbonyl (C=O) groups is 1. The zero-order valence-corrected chi connectivity index (χ0v) is 16.6. The van der Waals surface area contributed by atoms with Crippen molar-refractivity contribution < 1.29 is 19.0 Å². The molecule has 6 heteroatoms. The molecule has 1 saturated carbocycles. The number of nitrogens with zero attached hydrogens (tertiary/aromatic N) is 2. The van der Waals surface area contributed by atoms with E-state index in [2.05, 4.69) is 47.1 Å². The average molecular weight is 382 g/mol. The van der Waals surface area contributed by atoms with Gasteiger partial charge in [0.1, 0.15) is 13.0 Å². The first kappa shape index (κ1) is 17.0. The molecule has 0 unspecified atom stereocenters. The van der Waals surface area contributed by atoms with Crippen LogP contribution in [-0.4, -0.2) is 56.4 Å². The predicted octanol–water partition coefficient (Wildman–Crippen LogP) is 2.24. The molecule has 148 valence electrons. The van der Waals surface area contributed by atoms with Crippen molar-refractivity contribution in [1.29, 1.82) is 0 Å². The number of rotatable bonds is 3. The minimum absolute atomic E-state index is 0.0288. The van der Waals surface area contributed by atoms with Crippen LogP contribution in [0.15, 0.2) is 35.9 Å². The van der Waals surface area contributed by atoms with Crippen molar-refractivity contribution in [2.75, 3.05) is 32.4 Å². The lowest BCUT2D eigenvalue weighted by Crippen LogP contribution is -2.75. The number of methoxy groups -OCH3 is 2. The molecule has 6 atom stereocenters. The second kappa shape index (κ2) is 5.38. The van der Waals surface area contributed by atoms with Crippen LogP contribution in [0, 0.1) is 11.8 Å². The number of allylic oxidation sites excluding steroid dienone is 1. The van der Waals surface area contributed by atoms with Gasteiger partial charge in [-0.25, -0.2) is 0 Å². The largest absolute Gasteiger partial charge is 0.469 e. The summed E-state index contributed by atoms with van der Waals surface area (Å²) in [5, 5.41) is 0. The van der Waals surface area contributed by atoms with E-state index in [1.165, 1.54) is 18.2 Å². The van der Waals surface area contributed by atoms with Crippen molar-refractivity contribution >= 4 is 11.7 Å². The molecule has 1 spiro atoms. The van der Waals surface area contributed by atoms with Crippen LogP contribution < -0.4 is 4.90 Å². The highest BCUT2D eigenvalue weighted by molar-refractivity contribution is 5.82. The summed E-state index contributed by atoms with van der Waals surface area (Å²) in [5.74, 6) is -0.152. The van der Waals surface area contributed by atoms with Gasteiger partial charge in [0, 0.05) is 25.8 Å². The number of hydrogen-bond donors (Lipinski definition) is 0. The number of esters is 1. The smallest absolute Gasteiger partial charge is 0.310 e. The normalized spacial score (nSPS) is 43.5. The van der Waals surface area contributed by atoms with E-state index in [-0.39, 0.29) is 30.1 Å². The van der Waals surface area contributed by atoms with Crippen molar-refractivity contribution in [3.63, 3.8) is 0 Å². The van der Waals surface area contributed by atoms with Crippen molar-refractivity contribution in [3.05, 3.63) is 41.5 Å². The molecule has 0 amide bonds. The van der Waals surface area contributed by atoms with Gasteiger partial charge in [-0.1, -0.05) is 29.8 Å². The molecule has 6 nitrogen and oxygen atoms in total. The summed E-state index contributed by atoms with van der Waals surface area (Å²) < 4.78 is 17.9. The summed E-state index contributed by atoms with van der Waals surface area (Å²) in [6, 6.07) is 8.73. The maximum Gasteiger partial charge on any atom is 0.310 e. The van der Waals surface area contributed by atoms with Gasteiger partial charge in [-0.2, -0.15) is 0 Å². The van der Waals surface area contributed by atoms with Crippen LogP contribution in [0.4, 0.5) is 5.69 Å². The fourth-order valence-corrected chi connectivity index (χ4v) is 7.34. The van der Waals surface area contributed by atoms with E-state index in [9.17, 15) is 4.79 Å². The Morgan fingerprint density at radius 3 is 2.93 bits per heavy atom. The van der Waals surface area contributed by atoms with Crippen molar-refractivity contribution in [2.24, 2.45) is 11.8 Å². The molecule has 4 aliphatic heterocycles. The van der Waals surface area contributed by atoms with Crippen LogP contribution in [0.3, 0.4) is 0 Å².